The summed E-state index contributed by atoms with van der Waals surface area (Å²) in [5, 5.41) is 5.57. The monoisotopic (exact) mass is 416 g/mol. The van der Waals surface area contributed by atoms with Crippen molar-refractivity contribution in [3.63, 3.8) is 0 Å². The molecule has 7 heteroatoms. The number of benzene rings is 1. The number of ether oxygens (including phenoxy) is 1. The Bertz CT molecular complexity index is 952. The van der Waals surface area contributed by atoms with Gasteiger partial charge in [0.05, 0.1) is 28.1 Å². The zero-order valence-corrected chi connectivity index (χ0v) is 16.0. The van der Waals surface area contributed by atoms with E-state index in [0.29, 0.717) is 0 Å². The van der Waals surface area contributed by atoms with E-state index in [0.717, 1.165) is 65.6 Å². The first-order valence-corrected chi connectivity index (χ1v) is 10.1. The van der Waals surface area contributed by atoms with Crippen LogP contribution >= 0.6 is 27.3 Å². The lowest BCUT2D eigenvalue weighted by molar-refractivity contribution is 0.122. The van der Waals surface area contributed by atoms with Gasteiger partial charge in [0, 0.05) is 36.3 Å². The Labute approximate surface area is 158 Å². The quantitative estimate of drug-likeness (QED) is 0.685. The molecule has 128 valence electrons. The Morgan fingerprint density at radius 3 is 2.96 bits per heavy atom. The van der Waals surface area contributed by atoms with E-state index in [-0.39, 0.29) is 0 Å². The fourth-order valence-corrected chi connectivity index (χ4v) is 5.10. The molecule has 1 aromatic carbocycles. The number of rotatable bonds is 2. The predicted molar refractivity (Wildman–Crippen MR) is 106 cm³/mol. The predicted octanol–water partition coefficient (Wildman–Crippen LogP) is 3.93. The number of anilines is 2. The summed E-state index contributed by atoms with van der Waals surface area (Å²) in [5.41, 5.74) is 5.86. The first kappa shape index (κ1) is 15.5. The molecular weight excluding hydrogens is 400 g/mol. The summed E-state index contributed by atoms with van der Waals surface area (Å²) < 4.78 is 7.66. The topological polar surface area (TPSA) is 50.3 Å². The third kappa shape index (κ3) is 2.61. The maximum atomic E-state index is 5.48. The molecule has 1 saturated heterocycles. The van der Waals surface area contributed by atoms with E-state index < -0.39 is 0 Å². The normalized spacial score (nSPS) is 16.9. The fourth-order valence-electron chi connectivity index (χ4n) is 3.53. The number of morpholine rings is 1. The zero-order chi connectivity index (χ0) is 16.8. The highest BCUT2D eigenvalue weighted by molar-refractivity contribution is 9.10. The smallest absolute Gasteiger partial charge is 0.226 e. The second kappa shape index (κ2) is 6.23. The lowest BCUT2D eigenvalue weighted by atomic mass is 10.0. The molecular formula is C18H17BrN4OS. The number of hydrogen-bond acceptors (Lipinski definition) is 6. The van der Waals surface area contributed by atoms with Crippen molar-refractivity contribution in [1.82, 2.24) is 9.97 Å². The van der Waals surface area contributed by atoms with Gasteiger partial charge in [-0.25, -0.2) is 9.97 Å². The van der Waals surface area contributed by atoms with E-state index in [1.807, 2.05) is 0 Å². The Morgan fingerprint density at radius 2 is 2.08 bits per heavy atom. The Balaban J connectivity index is 1.73. The van der Waals surface area contributed by atoms with Gasteiger partial charge in [-0.1, -0.05) is 12.1 Å². The molecule has 1 fully saturated rings. The molecule has 3 aromatic rings. The summed E-state index contributed by atoms with van der Waals surface area (Å²) in [6, 6.07) is 6.44. The molecule has 2 aromatic heterocycles. The molecule has 0 radical (unpaired) electrons. The summed E-state index contributed by atoms with van der Waals surface area (Å²) in [7, 11) is 0. The average molecular weight is 417 g/mol. The number of thiophene rings is 1. The van der Waals surface area contributed by atoms with Gasteiger partial charge in [-0.3, -0.25) is 0 Å². The summed E-state index contributed by atoms with van der Waals surface area (Å²) in [6.07, 6.45) is 1.04. The van der Waals surface area contributed by atoms with E-state index in [1.165, 1.54) is 16.8 Å². The number of nitrogens with zero attached hydrogens (tertiary/aromatic N) is 3. The summed E-state index contributed by atoms with van der Waals surface area (Å²) in [4.78, 5) is 12.1. The van der Waals surface area contributed by atoms with Gasteiger partial charge >= 0.3 is 0 Å². The van der Waals surface area contributed by atoms with E-state index in [4.69, 9.17) is 14.7 Å². The molecule has 0 atom stereocenters. The van der Waals surface area contributed by atoms with Gasteiger partial charge in [0.15, 0.2) is 0 Å². The third-order valence-electron chi connectivity index (χ3n) is 4.78. The average Bonchev–Trinajstić information content (AvgIpc) is 3.28. The van der Waals surface area contributed by atoms with Crippen LogP contribution in [0.5, 0.6) is 0 Å². The highest BCUT2D eigenvalue weighted by atomic mass is 79.9. The first-order chi connectivity index (χ1) is 12.3. The molecule has 0 aliphatic carbocycles. The van der Waals surface area contributed by atoms with Crippen LogP contribution < -0.4 is 10.2 Å². The first-order valence-electron chi connectivity index (χ1n) is 8.45. The molecule has 0 amide bonds. The SMILES string of the molecule is Brc1csc2c(-c3cccc4c3CCN4)nc(N3CCOCC3)nc12. The van der Waals surface area contributed by atoms with E-state index >= 15 is 0 Å². The van der Waals surface area contributed by atoms with Crippen LogP contribution in [0.15, 0.2) is 28.1 Å². The highest BCUT2D eigenvalue weighted by Gasteiger charge is 2.22. The van der Waals surface area contributed by atoms with Gasteiger partial charge in [-0.15, -0.1) is 11.3 Å². The molecule has 0 bridgehead atoms. The van der Waals surface area contributed by atoms with Crippen LogP contribution in [0.4, 0.5) is 11.6 Å². The second-order valence-corrected chi connectivity index (χ2v) is 7.98. The van der Waals surface area contributed by atoms with Gasteiger partial charge in [0.2, 0.25) is 5.95 Å². The third-order valence-corrected chi connectivity index (χ3v) is 6.66. The maximum absolute atomic E-state index is 5.48. The van der Waals surface area contributed by atoms with Crippen LogP contribution in [0.1, 0.15) is 5.56 Å². The van der Waals surface area contributed by atoms with Crippen molar-refractivity contribution >= 4 is 49.1 Å². The Hall–Kier alpha value is -1.70. The van der Waals surface area contributed by atoms with Crippen molar-refractivity contribution in [2.24, 2.45) is 0 Å². The number of hydrogen-bond donors (Lipinski definition) is 1. The summed E-state index contributed by atoms with van der Waals surface area (Å²) in [5.74, 6) is 0.799. The van der Waals surface area contributed by atoms with Gasteiger partial charge in [-0.2, -0.15) is 0 Å². The van der Waals surface area contributed by atoms with Gasteiger partial charge < -0.3 is 15.0 Å². The molecule has 0 unspecified atom stereocenters. The molecule has 2 aliphatic rings. The van der Waals surface area contributed by atoms with Crippen molar-refractivity contribution in [3.05, 3.63) is 33.6 Å². The number of aromatic nitrogens is 2. The molecule has 2 aliphatic heterocycles. The van der Waals surface area contributed by atoms with Crippen molar-refractivity contribution in [3.8, 4) is 11.3 Å². The molecule has 0 spiro atoms. The van der Waals surface area contributed by atoms with Crippen molar-refractivity contribution in [1.29, 1.82) is 0 Å². The zero-order valence-electron chi connectivity index (χ0n) is 13.6. The summed E-state index contributed by atoms with van der Waals surface area (Å²) in [6.45, 7) is 4.12. The van der Waals surface area contributed by atoms with E-state index in [1.54, 1.807) is 11.3 Å². The second-order valence-electron chi connectivity index (χ2n) is 6.24. The van der Waals surface area contributed by atoms with Crippen LogP contribution in [0.25, 0.3) is 21.5 Å². The van der Waals surface area contributed by atoms with Gasteiger partial charge in [0.1, 0.15) is 5.52 Å². The maximum Gasteiger partial charge on any atom is 0.226 e. The Morgan fingerprint density at radius 1 is 1.20 bits per heavy atom. The largest absolute Gasteiger partial charge is 0.384 e. The molecule has 1 N–H and O–H groups in total. The molecule has 5 rings (SSSR count). The minimum atomic E-state index is 0.728. The van der Waals surface area contributed by atoms with Crippen molar-refractivity contribution < 1.29 is 4.74 Å². The number of fused-ring (bicyclic) bond motifs is 2. The molecule has 4 heterocycles. The fraction of sp³-hybridized carbons (Fsp3) is 0.333. The van der Waals surface area contributed by atoms with Crippen molar-refractivity contribution in [2.75, 3.05) is 43.1 Å². The van der Waals surface area contributed by atoms with Crippen LogP contribution in [-0.2, 0) is 11.2 Å². The standard InChI is InChI=1S/C18H17BrN4OS/c19-13-10-25-17-15(12-2-1-3-14-11(12)4-5-20-14)21-18(22-16(13)17)23-6-8-24-9-7-23/h1-3,10,20H,4-9H2. The van der Waals surface area contributed by atoms with Crippen molar-refractivity contribution in [2.45, 2.75) is 6.42 Å². The van der Waals surface area contributed by atoms with Gasteiger partial charge in [-0.05, 0) is 34.0 Å². The van der Waals surface area contributed by atoms with Crippen LogP contribution in [-0.4, -0.2) is 42.8 Å². The van der Waals surface area contributed by atoms with Crippen LogP contribution in [0, 0.1) is 0 Å². The highest BCUT2D eigenvalue weighted by Crippen LogP contribution is 2.40. The van der Waals surface area contributed by atoms with Crippen LogP contribution in [0.2, 0.25) is 0 Å². The van der Waals surface area contributed by atoms with Gasteiger partial charge in [0.25, 0.3) is 0 Å². The number of nitrogens with one attached hydrogen (secondary N) is 1. The lowest BCUT2D eigenvalue weighted by Crippen LogP contribution is -2.37. The molecule has 25 heavy (non-hydrogen) atoms. The number of halogens is 1. The molecule has 5 nitrogen and oxygen atoms in total. The van der Waals surface area contributed by atoms with E-state index in [2.05, 4.69) is 49.7 Å². The van der Waals surface area contributed by atoms with Crippen LogP contribution in [0.3, 0.4) is 0 Å². The lowest BCUT2D eigenvalue weighted by Gasteiger charge is -2.27. The van der Waals surface area contributed by atoms with E-state index in [9.17, 15) is 0 Å². The summed E-state index contributed by atoms with van der Waals surface area (Å²) >= 11 is 5.36. The minimum absolute atomic E-state index is 0.728. The minimum Gasteiger partial charge on any atom is -0.384 e. The molecule has 0 saturated carbocycles. The Kier molecular flexibility index (Phi) is 3.87.